The van der Waals surface area contributed by atoms with Crippen molar-refractivity contribution < 1.29 is 9.53 Å². The highest BCUT2D eigenvalue weighted by Gasteiger charge is 2.30. The third kappa shape index (κ3) is 2.50. The van der Waals surface area contributed by atoms with Gasteiger partial charge in [-0.2, -0.15) is 4.37 Å². The summed E-state index contributed by atoms with van der Waals surface area (Å²) in [6.45, 7) is 1.72. The third-order valence-corrected chi connectivity index (χ3v) is 5.83. The van der Waals surface area contributed by atoms with Gasteiger partial charge in [-0.3, -0.25) is 0 Å². The number of ether oxygens (including phenoxy) is 1. The Hall–Kier alpha value is -2.41. The van der Waals surface area contributed by atoms with Crippen LogP contribution in [-0.2, 0) is 17.7 Å². The van der Waals surface area contributed by atoms with E-state index in [-0.39, 0.29) is 5.97 Å². The van der Waals surface area contributed by atoms with Crippen molar-refractivity contribution >= 4 is 33.5 Å². The molecule has 3 heterocycles. The fraction of sp³-hybridized carbons (Fsp3) is 0.389. The van der Waals surface area contributed by atoms with Crippen molar-refractivity contribution in [1.29, 1.82) is 0 Å². The Bertz CT molecular complexity index is 973. The largest absolute Gasteiger partial charge is 0.465 e. The zero-order valence-corrected chi connectivity index (χ0v) is 14.7. The van der Waals surface area contributed by atoms with Crippen molar-refractivity contribution in [2.45, 2.75) is 31.7 Å². The van der Waals surface area contributed by atoms with Gasteiger partial charge in [0.2, 0.25) is 5.13 Å². The summed E-state index contributed by atoms with van der Waals surface area (Å²) in [5.74, 6) is 1.29. The van der Waals surface area contributed by atoms with Gasteiger partial charge in [0, 0.05) is 59.1 Å². The number of anilines is 1. The maximum atomic E-state index is 11.8. The number of aromatic nitrogens is 3. The van der Waals surface area contributed by atoms with E-state index in [1.165, 1.54) is 42.7 Å². The zero-order valence-electron chi connectivity index (χ0n) is 13.9. The molecule has 0 unspecified atom stereocenters. The summed E-state index contributed by atoms with van der Waals surface area (Å²) in [4.78, 5) is 22.4. The molecule has 1 aliphatic heterocycles. The fourth-order valence-corrected chi connectivity index (χ4v) is 4.26. The number of esters is 1. The van der Waals surface area contributed by atoms with Crippen LogP contribution in [0.4, 0.5) is 5.13 Å². The Morgan fingerprint density at radius 1 is 1.40 bits per heavy atom. The molecular formula is C18H18N4O2S. The van der Waals surface area contributed by atoms with E-state index in [4.69, 9.17) is 9.72 Å². The molecule has 3 aromatic rings. The first-order chi connectivity index (χ1) is 12.2. The molecule has 0 spiro atoms. The molecule has 0 radical (unpaired) electrons. The van der Waals surface area contributed by atoms with Crippen LogP contribution < -0.4 is 4.90 Å². The van der Waals surface area contributed by atoms with E-state index >= 15 is 0 Å². The van der Waals surface area contributed by atoms with Crippen LogP contribution in [0.5, 0.6) is 0 Å². The van der Waals surface area contributed by atoms with Gasteiger partial charge in [0.1, 0.15) is 5.82 Å². The molecule has 7 heteroatoms. The number of H-pyrrole nitrogens is 1. The maximum Gasteiger partial charge on any atom is 0.337 e. The van der Waals surface area contributed by atoms with Crippen LogP contribution in [0, 0.1) is 0 Å². The molecule has 5 rings (SSSR count). The number of carbonyl (C=O) groups is 1. The zero-order chi connectivity index (χ0) is 17.0. The van der Waals surface area contributed by atoms with E-state index in [1.807, 2.05) is 12.1 Å². The Balaban J connectivity index is 1.50. The first-order valence-corrected chi connectivity index (χ1v) is 9.30. The monoisotopic (exact) mass is 354 g/mol. The lowest BCUT2D eigenvalue weighted by atomic mass is 10.0. The van der Waals surface area contributed by atoms with Crippen molar-refractivity contribution in [1.82, 2.24) is 14.3 Å². The summed E-state index contributed by atoms with van der Waals surface area (Å²) in [6, 6.07) is 5.69. The van der Waals surface area contributed by atoms with Crippen molar-refractivity contribution in [3.05, 3.63) is 40.8 Å². The first-order valence-electron chi connectivity index (χ1n) is 8.53. The van der Waals surface area contributed by atoms with Crippen LogP contribution in [0.15, 0.2) is 18.2 Å². The lowest BCUT2D eigenvalue weighted by Crippen LogP contribution is -2.30. The van der Waals surface area contributed by atoms with Crippen LogP contribution in [0.25, 0.3) is 10.9 Å². The summed E-state index contributed by atoms with van der Waals surface area (Å²) >= 11 is 1.50. The Labute approximate surface area is 149 Å². The lowest BCUT2D eigenvalue weighted by molar-refractivity contribution is 0.0601. The number of methoxy groups -OCH3 is 1. The molecule has 1 aliphatic carbocycles. The normalized spacial score (nSPS) is 16.9. The molecule has 1 fully saturated rings. The predicted octanol–water partition coefficient (Wildman–Crippen LogP) is 3.25. The molecule has 1 aromatic carbocycles. The second-order valence-corrected chi connectivity index (χ2v) is 7.45. The Morgan fingerprint density at radius 3 is 3.08 bits per heavy atom. The van der Waals surface area contributed by atoms with E-state index < -0.39 is 0 Å². The predicted molar refractivity (Wildman–Crippen MR) is 96.3 cm³/mol. The number of nitrogens with zero attached hydrogens (tertiary/aromatic N) is 3. The van der Waals surface area contributed by atoms with E-state index in [1.54, 1.807) is 6.07 Å². The fourth-order valence-electron chi connectivity index (χ4n) is 3.48. The van der Waals surface area contributed by atoms with E-state index in [0.717, 1.165) is 41.4 Å². The van der Waals surface area contributed by atoms with Crippen molar-refractivity contribution in [2.24, 2.45) is 0 Å². The van der Waals surface area contributed by atoms with E-state index in [2.05, 4.69) is 14.3 Å². The van der Waals surface area contributed by atoms with Crippen molar-refractivity contribution in [3.8, 4) is 0 Å². The van der Waals surface area contributed by atoms with Gasteiger partial charge in [-0.1, -0.05) is 0 Å². The minimum Gasteiger partial charge on any atom is -0.465 e. The number of hydrogen-bond donors (Lipinski definition) is 1. The smallest absolute Gasteiger partial charge is 0.337 e. The van der Waals surface area contributed by atoms with Crippen molar-refractivity contribution in [3.63, 3.8) is 0 Å². The second-order valence-electron chi connectivity index (χ2n) is 6.72. The SMILES string of the molecule is COC(=O)c1ccc2[nH]c3c(c2c1)CN(c1nc(C2CC2)ns1)CC3. The molecular weight excluding hydrogens is 336 g/mol. The summed E-state index contributed by atoms with van der Waals surface area (Å²) < 4.78 is 9.38. The Kier molecular flexibility index (Phi) is 3.31. The molecule has 0 atom stereocenters. The van der Waals surface area contributed by atoms with Gasteiger partial charge in [0.25, 0.3) is 0 Å². The molecule has 0 saturated heterocycles. The van der Waals surface area contributed by atoms with Crippen LogP contribution in [0.3, 0.4) is 0 Å². The molecule has 128 valence electrons. The molecule has 1 N–H and O–H groups in total. The van der Waals surface area contributed by atoms with Crippen LogP contribution >= 0.6 is 11.5 Å². The number of hydrogen-bond acceptors (Lipinski definition) is 6. The average molecular weight is 354 g/mol. The highest BCUT2D eigenvalue weighted by molar-refractivity contribution is 7.09. The summed E-state index contributed by atoms with van der Waals surface area (Å²) in [5, 5.41) is 2.10. The standard InChI is InChI=1S/C18H18N4O2S/c1-24-17(23)11-4-5-14-12(8-11)13-9-22(7-6-15(13)19-14)18-20-16(21-25-18)10-2-3-10/h4-5,8,10,19H,2-3,6-7,9H2,1H3. The quantitative estimate of drug-likeness (QED) is 0.731. The second kappa shape index (κ2) is 5.56. The number of carbonyl (C=O) groups excluding carboxylic acids is 1. The summed E-state index contributed by atoms with van der Waals surface area (Å²) in [5.41, 5.74) is 4.15. The van der Waals surface area contributed by atoms with Gasteiger partial charge in [-0.05, 0) is 31.0 Å². The first kappa shape index (κ1) is 14.9. The van der Waals surface area contributed by atoms with Crippen molar-refractivity contribution in [2.75, 3.05) is 18.6 Å². The Morgan fingerprint density at radius 2 is 2.28 bits per heavy atom. The number of fused-ring (bicyclic) bond motifs is 3. The van der Waals surface area contributed by atoms with E-state index in [9.17, 15) is 4.79 Å². The van der Waals surface area contributed by atoms with E-state index in [0.29, 0.717) is 11.5 Å². The van der Waals surface area contributed by atoms with Gasteiger partial charge in [0.15, 0.2) is 0 Å². The summed E-state index contributed by atoms with van der Waals surface area (Å²) in [6.07, 6.45) is 3.38. The molecule has 0 bridgehead atoms. The molecule has 6 nitrogen and oxygen atoms in total. The number of benzene rings is 1. The van der Waals surface area contributed by atoms with Gasteiger partial charge < -0.3 is 14.6 Å². The minimum atomic E-state index is -0.303. The minimum absolute atomic E-state index is 0.303. The average Bonchev–Trinajstić information content (AvgIpc) is 3.26. The number of nitrogens with one attached hydrogen (secondary N) is 1. The van der Waals surface area contributed by atoms with Gasteiger partial charge >= 0.3 is 5.97 Å². The topological polar surface area (TPSA) is 71.1 Å². The van der Waals surface area contributed by atoms with Gasteiger partial charge in [-0.25, -0.2) is 9.78 Å². The molecule has 0 amide bonds. The highest BCUT2D eigenvalue weighted by atomic mass is 32.1. The molecule has 1 saturated carbocycles. The maximum absolute atomic E-state index is 11.8. The van der Waals surface area contributed by atoms with Gasteiger partial charge in [0.05, 0.1) is 12.7 Å². The highest BCUT2D eigenvalue weighted by Crippen LogP contribution is 2.40. The van der Waals surface area contributed by atoms with Crippen LogP contribution in [0.1, 0.15) is 46.2 Å². The number of rotatable bonds is 3. The molecule has 2 aromatic heterocycles. The van der Waals surface area contributed by atoms with Gasteiger partial charge in [-0.15, -0.1) is 0 Å². The summed E-state index contributed by atoms with van der Waals surface area (Å²) in [7, 11) is 1.41. The number of aromatic amines is 1. The lowest BCUT2D eigenvalue weighted by Gasteiger charge is -2.26. The van der Waals surface area contributed by atoms with Crippen LogP contribution in [0.2, 0.25) is 0 Å². The third-order valence-electron chi connectivity index (χ3n) is 5.04. The van der Waals surface area contributed by atoms with Crippen LogP contribution in [-0.4, -0.2) is 34.0 Å². The molecule has 2 aliphatic rings. The molecule has 25 heavy (non-hydrogen) atoms.